The molecule has 0 spiro atoms. The van der Waals surface area contributed by atoms with Crippen LogP contribution in [0.2, 0.25) is 0 Å². The van der Waals surface area contributed by atoms with Gasteiger partial charge in [-0.1, -0.05) is 12.1 Å². The van der Waals surface area contributed by atoms with E-state index in [1.165, 1.54) is 25.3 Å². The first-order valence-electron chi connectivity index (χ1n) is 8.31. The van der Waals surface area contributed by atoms with Gasteiger partial charge in [0, 0.05) is 11.6 Å². The molecule has 2 aromatic carbocycles. The average molecular weight is 408 g/mol. The zero-order valence-electron chi connectivity index (χ0n) is 15.5. The summed E-state index contributed by atoms with van der Waals surface area (Å²) >= 11 is 0. The second kappa shape index (κ2) is 9.66. The van der Waals surface area contributed by atoms with E-state index in [4.69, 9.17) is 9.47 Å². The van der Waals surface area contributed by atoms with Crippen molar-refractivity contribution < 1.29 is 31.8 Å². The first-order chi connectivity index (χ1) is 13.8. The van der Waals surface area contributed by atoms with Gasteiger partial charge in [0.05, 0.1) is 19.3 Å². The van der Waals surface area contributed by atoms with E-state index in [1.807, 2.05) is 0 Å². The van der Waals surface area contributed by atoms with E-state index in [1.54, 1.807) is 6.92 Å². The molecule has 0 unspecified atom stereocenters. The second-order valence-electron chi connectivity index (χ2n) is 5.47. The van der Waals surface area contributed by atoms with Gasteiger partial charge in [0.2, 0.25) is 0 Å². The molecule has 2 aromatic rings. The second-order valence-corrected chi connectivity index (χ2v) is 5.47. The number of esters is 1. The summed E-state index contributed by atoms with van der Waals surface area (Å²) in [6.07, 6.45) is -2.17. The van der Waals surface area contributed by atoms with Gasteiger partial charge in [0.1, 0.15) is 28.9 Å². The summed E-state index contributed by atoms with van der Waals surface area (Å²) in [4.78, 5) is 18.9. The fourth-order valence-corrected chi connectivity index (χ4v) is 2.22. The first-order valence-corrected chi connectivity index (χ1v) is 8.31. The van der Waals surface area contributed by atoms with Crippen LogP contribution in [0.3, 0.4) is 0 Å². The highest BCUT2D eigenvalue weighted by Gasteiger charge is 2.31. The molecule has 0 aromatic heterocycles. The lowest BCUT2D eigenvalue weighted by atomic mass is 10.1. The number of methoxy groups -OCH3 is 1. The van der Waals surface area contributed by atoms with E-state index in [-0.39, 0.29) is 29.3 Å². The number of aliphatic imine (C=N–C) groups is 2. The van der Waals surface area contributed by atoms with Gasteiger partial charge in [-0.3, -0.25) is 0 Å². The summed E-state index contributed by atoms with van der Waals surface area (Å²) in [5.74, 6) is -1.28. The third-order valence-electron chi connectivity index (χ3n) is 3.54. The zero-order chi connectivity index (χ0) is 21.4. The molecule has 0 saturated carbocycles. The maximum absolute atomic E-state index is 14.1. The van der Waals surface area contributed by atoms with Crippen molar-refractivity contribution in [1.82, 2.24) is 0 Å². The number of carbonyl (C=O) groups is 1. The Bertz CT molecular complexity index is 978. The lowest BCUT2D eigenvalue weighted by molar-refractivity contribution is -0.138. The topological polar surface area (TPSA) is 60.2 Å². The summed E-state index contributed by atoms with van der Waals surface area (Å²) in [7, 11) is 1.27. The Kier molecular flexibility index (Phi) is 7.27. The van der Waals surface area contributed by atoms with Gasteiger partial charge in [0.15, 0.2) is 0 Å². The van der Waals surface area contributed by atoms with Crippen molar-refractivity contribution >= 4 is 29.4 Å². The molecule has 152 valence electrons. The number of halogens is 4. The van der Waals surface area contributed by atoms with E-state index in [0.29, 0.717) is 0 Å². The highest BCUT2D eigenvalue weighted by Crippen LogP contribution is 2.36. The molecule has 0 fully saturated rings. The van der Waals surface area contributed by atoms with Crippen LogP contribution >= 0.6 is 0 Å². The van der Waals surface area contributed by atoms with Gasteiger partial charge in [-0.05, 0) is 37.3 Å². The van der Waals surface area contributed by atoms with Crippen molar-refractivity contribution in [3.05, 3.63) is 59.4 Å². The normalized spacial score (nSPS) is 11.1. The lowest BCUT2D eigenvalue weighted by Crippen LogP contribution is -2.04. The molecule has 0 bridgehead atoms. The Morgan fingerprint density at radius 3 is 2.62 bits per heavy atom. The monoisotopic (exact) mass is 408 g/mol. The van der Waals surface area contributed by atoms with Gasteiger partial charge < -0.3 is 9.47 Å². The third kappa shape index (κ3) is 6.02. The molecule has 0 saturated heterocycles. The molecule has 0 N–H and O–H groups in total. The molecule has 0 aliphatic heterocycles. The van der Waals surface area contributed by atoms with Gasteiger partial charge in [-0.25, -0.2) is 9.18 Å². The number of alkyl halides is 3. The molecule has 0 aliphatic carbocycles. The highest BCUT2D eigenvalue weighted by molar-refractivity contribution is 5.88. The molecule has 5 nitrogen and oxygen atoms in total. The number of nitrogens with zero attached hydrogens (tertiary/aromatic N) is 2. The lowest BCUT2D eigenvalue weighted by Gasteiger charge is -2.09. The van der Waals surface area contributed by atoms with Crippen LogP contribution in [-0.2, 0) is 15.7 Å². The van der Waals surface area contributed by atoms with E-state index >= 15 is 0 Å². The van der Waals surface area contributed by atoms with Crippen molar-refractivity contribution in [2.45, 2.75) is 13.1 Å². The molecule has 0 heterocycles. The number of benzene rings is 2. The van der Waals surface area contributed by atoms with Crippen LogP contribution in [0.5, 0.6) is 5.75 Å². The van der Waals surface area contributed by atoms with E-state index in [2.05, 4.69) is 16.0 Å². The number of hydrogen-bond acceptors (Lipinski definition) is 5. The minimum Gasteiger partial charge on any atom is -0.494 e. The molecule has 0 amide bonds. The molecule has 0 atom stereocenters. The molecule has 0 aliphatic rings. The van der Waals surface area contributed by atoms with Gasteiger partial charge >= 0.3 is 12.1 Å². The van der Waals surface area contributed by atoms with Gasteiger partial charge in [-0.2, -0.15) is 23.2 Å². The first kappa shape index (κ1) is 21.8. The number of rotatable bonds is 6. The minimum atomic E-state index is -4.57. The predicted octanol–water partition coefficient (Wildman–Crippen LogP) is 5.57. The van der Waals surface area contributed by atoms with Crippen molar-refractivity contribution in [3.63, 3.8) is 0 Å². The van der Waals surface area contributed by atoms with E-state index < -0.39 is 23.5 Å². The van der Waals surface area contributed by atoms with E-state index in [9.17, 15) is 22.4 Å². The molecule has 9 heteroatoms. The molecule has 0 radical (unpaired) electrons. The Morgan fingerprint density at radius 2 is 1.97 bits per heavy atom. The summed E-state index contributed by atoms with van der Waals surface area (Å²) in [6, 6.07) is 8.94. The molecule has 2 rings (SSSR count). The van der Waals surface area contributed by atoms with Crippen LogP contribution < -0.4 is 4.74 Å². The third-order valence-corrected chi connectivity index (χ3v) is 3.54. The molecular weight excluding hydrogens is 392 g/mol. The summed E-state index contributed by atoms with van der Waals surface area (Å²) < 4.78 is 62.5. The van der Waals surface area contributed by atoms with Crippen LogP contribution in [0, 0.1) is 5.82 Å². The standard InChI is InChI=1S/C20H16F4N2O3/c1-3-29-18(27)10-7-13-5-4-6-15(21)19(13)26-12-25-16-11-14(20(22,23)24)8-9-17(16)28-2/h4-11H,3H2,1-2H3/b10-7+. The Hall–Kier alpha value is -3.45. The van der Waals surface area contributed by atoms with Crippen LogP contribution in [0.15, 0.2) is 52.5 Å². The largest absolute Gasteiger partial charge is 0.494 e. The van der Waals surface area contributed by atoms with E-state index in [0.717, 1.165) is 30.3 Å². The van der Waals surface area contributed by atoms with Crippen molar-refractivity contribution in [3.8, 4) is 5.75 Å². The summed E-state index contributed by atoms with van der Waals surface area (Å²) in [5.41, 5.74) is -1.06. The van der Waals surface area contributed by atoms with Gasteiger partial charge in [0.25, 0.3) is 0 Å². The smallest absolute Gasteiger partial charge is 0.416 e. The maximum atomic E-state index is 14.1. The molecule has 29 heavy (non-hydrogen) atoms. The Morgan fingerprint density at radius 1 is 1.21 bits per heavy atom. The van der Waals surface area contributed by atoms with Gasteiger partial charge in [-0.15, -0.1) is 0 Å². The van der Waals surface area contributed by atoms with Crippen molar-refractivity contribution in [1.29, 1.82) is 0 Å². The number of para-hydroxylation sites is 1. The Balaban J connectivity index is 2.41. The fraction of sp³-hybridized carbons (Fsp3) is 0.200. The number of hydrogen-bond donors (Lipinski definition) is 0. The minimum absolute atomic E-state index is 0.0664. The summed E-state index contributed by atoms with van der Waals surface area (Å²) in [6.45, 7) is 1.82. The number of carbonyl (C=O) groups excluding carboxylic acids is 1. The molecular formula is C20H16F4N2O3. The quantitative estimate of drug-likeness (QED) is 0.272. The highest BCUT2D eigenvalue weighted by atomic mass is 19.4. The van der Waals surface area contributed by atoms with Crippen LogP contribution in [0.1, 0.15) is 18.1 Å². The maximum Gasteiger partial charge on any atom is 0.416 e. The average Bonchev–Trinajstić information content (AvgIpc) is 2.67. The van der Waals surface area contributed by atoms with Crippen molar-refractivity contribution in [2.75, 3.05) is 13.7 Å². The predicted molar refractivity (Wildman–Crippen MR) is 99.2 cm³/mol. The van der Waals surface area contributed by atoms with Crippen molar-refractivity contribution in [2.24, 2.45) is 9.98 Å². The Labute approximate surface area is 164 Å². The fourth-order valence-electron chi connectivity index (χ4n) is 2.22. The summed E-state index contributed by atoms with van der Waals surface area (Å²) in [5, 5.41) is 0. The van der Waals surface area contributed by atoms with Crippen LogP contribution in [0.25, 0.3) is 6.08 Å². The SMILES string of the molecule is CCOC(=O)/C=C/c1cccc(F)c1N=C=Nc1cc(C(F)(F)F)ccc1OC. The zero-order valence-corrected chi connectivity index (χ0v) is 15.5. The number of ether oxygens (including phenoxy) is 2. The van der Waals surface area contributed by atoms with Crippen LogP contribution in [0.4, 0.5) is 28.9 Å². The van der Waals surface area contributed by atoms with Crippen LogP contribution in [-0.4, -0.2) is 25.7 Å².